The lowest BCUT2D eigenvalue weighted by Crippen LogP contribution is -2.50. The number of phenolic OH excluding ortho intramolecular Hbond substituents is 1. The second kappa shape index (κ2) is 9.10. The molecule has 148 valence electrons. The third kappa shape index (κ3) is 5.04. The van der Waals surface area contributed by atoms with Crippen LogP contribution in [0.4, 0.5) is 0 Å². The Kier molecular flexibility index (Phi) is 6.57. The van der Waals surface area contributed by atoms with Crippen molar-refractivity contribution in [2.45, 2.75) is 13.3 Å². The van der Waals surface area contributed by atoms with Gasteiger partial charge in [-0.05, 0) is 64.8 Å². The maximum atomic E-state index is 12.5. The quantitative estimate of drug-likeness (QED) is 0.765. The van der Waals surface area contributed by atoms with Crippen LogP contribution in [0.5, 0.6) is 11.5 Å². The molecule has 2 aromatic carbocycles. The van der Waals surface area contributed by atoms with Crippen LogP contribution in [0.3, 0.4) is 0 Å². The lowest BCUT2D eigenvalue weighted by molar-refractivity contribution is -0.133. The van der Waals surface area contributed by atoms with Gasteiger partial charge >= 0.3 is 0 Å². The first-order chi connectivity index (χ1) is 13.4. The third-order valence-corrected chi connectivity index (χ3v) is 5.31. The first-order valence-corrected chi connectivity index (χ1v) is 9.98. The minimum Gasteiger partial charge on any atom is -0.508 e. The molecule has 1 saturated heterocycles. The number of ether oxygens (including phenoxy) is 1. The zero-order chi connectivity index (χ0) is 20.1. The molecule has 0 radical (unpaired) electrons. The minimum absolute atomic E-state index is 0.0277. The Hall–Kier alpha value is -2.54. The molecule has 1 fully saturated rings. The fourth-order valence-corrected chi connectivity index (χ4v) is 3.68. The number of halogens is 1. The van der Waals surface area contributed by atoms with Crippen LogP contribution in [0.1, 0.15) is 22.3 Å². The fourth-order valence-electron chi connectivity index (χ4n) is 3.07. The van der Waals surface area contributed by atoms with Gasteiger partial charge in [0.25, 0.3) is 5.91 Å². The second-order valence-corrected chi connectivity index (χ2v) is 7.61. The Balaban J connectivity index is 1.44. The maximum absolute atomic E-state index is 12.5. The van der Waals surface area contributed by atoms with E-state index < -0.39 is 0 Å². The molecule has 0 spiro atoms. The summed E-state index contributed by atoms with van der Waals surface area (Å²) in [7, 11) is 0. The van der Waals surface area contributed by atoms with E-state index in [-0.39, 0.29) is 17.6 Å². The Bertz CT molecular complexity index is 846. The lowest BCUT2D eigenvalue weighted by Gasteiger charge is -2.35. The number of piperazine rings is 1. The molecule has 1 aliphatic rings. The molecule has 3 rings (SSSR count). The van der Waals surface area contributed by atoms with E-state index in [1.54, 1.807) is 21.9 Å². The summed E-state index contributed by atoms with van der Waals surface area (Å²) in [6.07, 6.45) is 0.298. The minimum atomic E-state index is -0.0837. The summed E-state index contributed by atoms with van der Waals surface area (Å²) in [5.74, 6) is 0.800. The van der Waals surface area contributed by atoms with Gasteiger partial charge in [0.1, 0.15) is 11.5 Å². The molecule has 0 aromatic heterocycles. The molecular formula is C21H23BrN2O4. The summed E-state index contributed by atoms with van der Waals surface area (Å²) in [5.41, 5.74) is 1.67. The smallest absolute Gasteiger partial charge is 0.253 e. The van der Waals surface area contributed by atoms with Crippen molar-refractivity contribution in [2.24, 2.45) is 0 Å². The van der Waals surface area contributed by atoms with Crippen LogP contribution >= 0.6 is 15.9 Å². The van der Waals surface area contributed by atoms with E-state index in [9.17, 15) is 14.7 Å². The van der Waals surface area contributed by atoms with Crippen molar-refractivity contribution in [3.8, 4) is 11.5 Å². The lowest BCUT2D eigenvalue weighted by atomic mass is 10.1. The van der Waals surface area contributed by atoms with E-state index >= 15 is 0 Å². The number of benzene rings is 2. The number of nitrogens with zero attached hydrogens (tertiary/aromatic N) is 2. The Labute approximate surface area is 172 Å². The number of hydrogen-bond acceptors (Lipinski definition) is 4. The molecule has 1 aliphatic heterocycles. The van der Waals surface area contributed by atoms with Crippen LogP contribution in [-0.2, 0) is 4.79 Å². The van der Waals surface area contributed by atoms with Gasteiger partial charge in [0.2, 0.25) is 5.91 Å². The normalized spacial score (nSPS) is 14.1. The zero-order valence-corrected chi connectivity index (χ0v) is 17.3. The molecule has 0 unspecified atom stereocenters. The number of phenols is 1. The highest BCUT2D eigenvalue weighted by molar-refractivity contribution is 9.10. The summed E-state index contributed by atoms with van der Waals surface area (Å²) >= 11 is 3.46. The number of rotatable bonds is 5. The third-order valence-electron chi connectivity index (χ3n) is 4.69. The van der Waals surface area contributed by atoms with Gasteiger partial charge in [-0.3, -0.25) is 9.59 Å². The van der Waals surface area contributed by atoms with E-state index in [0.29, 0.717) is 44.8 Å². The average Bonchev–Trinajstić information content (AvgIpc) is 2.69. The summed E-state index contributed by atoms with van der Waals surface area (Å²) in [6, 6.07) is 12.0. The largest absolute Gasteiger partial charge is 0.508 e. The molecule has 0 aliphatic carbocycles. The number of carbonyl (C=O) groups is 2. The molecule has 7 heteroatoms. The van der Waals surface area contributed by atoms with E-state index in [2.05, 4.69) is 15.9 Å². The number of hydrogen-bond donors (Lipinski definition) is 1. The number of carbonyl (C=O) groups excluding carboxylic acids is 2. The molecule has 0 saturated carbocycles. The van der Waals surface area contributed by atoms with Crippen LogP contribution in [0.15, 0.2) is 46.9 Å². The predicted octanol–water partition coefficient (Wildman–Crippen LogP) is 3.22. The molecule has 0 bridgehead atoms. The van der Waals surface area contributed by atoms with Gasteiger partial charge in [0.05, 0.1) is 17.5 Å². The Morgan fingerprint density at radius 2 is 1.68 bits per heavy atom. The number of amides is 2. The zero-order valence-electron chi connectivity index (χ0n) is 15.7. The fraction of sp³-hybridized carbons (Fsp3) is 0.333. The molecule has 6 nitrogen and oxygen atoms in total. The molecule has 28 heavy (non-hydrogen) atoms. The molecule has 2 amide bonds. The first-order valence-electron chi connectivity index (χ1n) is 9.19. The van der Waals surface area contributed by atoms with Crippen molar-refractivity contribution >= 4 is 27.7 Å². The first kappa shape index (κ1) is 20.2. The topological polar surface area (TPSA) is 70.1 Å². The van der Waals surface area contributed by atoms with E-state index in [1.807, 2.05) is 25.1 Å². The summed E-state index contributed by atoms with van der Waals surface area (Å²) < 4.78 is 6.58. The molecule has 2 aromatic rings. The SMILES string of the molecule is Cc1ccc(OCCC(=O)N2CCN(C(=O)c3ccc(O)cc3)CC2)c(Br)c1. The summed E-state index contributed by atoms with van der Waals surface area (Å²) in [4.78, 5) is 28.4. The molecular weight excluding hydrogens is 424 g/mol. The van der Waals surface area contributed by atoms with Crippen molar-refractivity contribution < 1.29 is 19.4 Å². The highest BCUT2D eigenvalue weighted by Crippen LogP contribution is 2.25. The highest BCUT2D eigenvalue weighted by Gasteiger charge is 2.24. The van der Waals surface area contributed by atoms with Gasteiger partial charge in [-0.1, -0.05) is 6.07 Å². The van der Waals surface area contributed by atoms with E-state index in [0.717, 1.165) is 15.8 Å². The highest BCUT2D eigenvalue weighted by atomic mass is 79.9. The van der Waals surface area contributed by atoms with Crippen LogP contribution in [-0.4, -0.2) is 59.5 Å². The van der Waals surface area contributed by atoms with Gasteiger partial charge < -0.3 is 19.6 Å². The van der Waals surface area contributed by atoms with Gasteiger partial charge in [0, 0.05) is 31.7 Å². The predicted molar refractivity (Wildman–Crippen MR) is 110 cm³/mol. The standard InChI is InChI=1S/C21H23BrN2O4/c1-15-2-7-19(18(22)14-15)28-13-8-20(26)23-9-11-24(12-10-23)21(27)16-3-5-17(25)6-4-16/h2-7,14,25H,8-13H2,1H3. The van der Waals surface area contributed by atoms with Crippen LogP contribution in [0.25, 0.3) is 0 Å². The van der Waals surface area contributed by atoms with Gasteiger partial charge in [-0.15, -0.1) is 0 Å². The van der Waals surface area contributed by atoms with Crippen molar-refractivity contribution in [3.63, 3.8) is 0 Å². The van der Waals surface area contributed by atoms with E-state index in [1.165, 1.54) is 12.1 Å². The monoisotopic (exact) mass is 446 g/mol. The molecule has 1 heterocycles. The number of aromatic hydroxyl groups is 1. The maximum Gasteiger partial charge on any atom is 0.253 e. The Morgan fingerprint density at radius 1 is 1.04 bits per heavy atom. The van der Waals surface area contributed by atoms with Crippen molar-refractivity contribution in [1.29, 1.82) is 0 Å². The average molecular weight is 447 g/mol. The van der Waals surface area contributed by atoms with Crippen molar-refractivity contribution in [2.75, 3.05) is 32.8 Å². The molecule has 1 N–H and O–H groups in total. The molecule has 0 atom stereocenters. The van der Waals surface area contributed by atoms with Crippen LogP contribution in [0.2, 0.25) is 0 Å². The van der Waals surface area contributed by atoms with Gasteiger partial charge in [-0.25, -0.2) is 0 Å². The summed E-state index contributed by atoms with van der Waals surface area (Å²) in [6.45, 7) is 4.33. The van der Waals surface area contributed by atoms with Crippen molar-refractivity contribution in [3.05, 3.63) is 58.1 Å². The number of aryl methyl sites for hydroxylation is 1. The van der Waals surface area contributed by atoms with Crippen LogP contribution < -0.4 is 4.74 Å². The van der Waals surface area contributed by atoms with Gasteiger partial charge in [0.15, 0.2) is 0 Å². The van der Waals surface area contributed by atoms with E-state index in [4.69, 9.17) is 4.74 Å². The van der Waals surface area contributed by atoms with Crippen molar-refractivity contribution in [1.82, 2.24) is 9.80 Å². The Morgan fingerprint density at radius 3 is 2.32 bits per heavy atom. The summed E-state index contributed by atoms with van der Waals surface area (Å²) in [5, 5.41) is 9.33. The van der Waals surface area contributed by atoms with Gasteiger partial charge in [-0.2, -0.15) is 0 Å². The van der Waals surface area contributed by atoms with Crippen LogP contribution in [0, 0.1) is 6.92 Å². The second-order valence-electron chi connectivity index (χ2n) is 6.75.